The number of rotatable bonds is 7. The van der Waals surface area contributed by atoms with Crippen molar-refractivity contribution in [1.29, 1.82) is 0 Å². The Balaban J connectivity index is 1.85. The van der Waals surface area contributed by atoms with Gasteiger partial charge in [0.2, 0.25) is 0 Å². The number of guanidine groups is 1. The third-order valence-corrected chi connectivity index (χ3v) is 4.56. The number of piperidine rings is 1. The van der Waals surface area contributed by atoms with Gasteiger partial charge in [-0.15, -0.1) is 0 Å². The van der Waals surface area contributed by atoms with Crippen LogP contribution in [0.5, 0.6) is 0 Å². The molecule has 0 saturated carbocycles. The minimum Gasteiger partial charge on any atom is -0.357 e. The predicted molar refractivity (Wildman–Crippen MR) is 98.6 cm³/mol. The number of benzene rings is 1. The molecule has 0 aliphatic carbocycles. The second kappa shape index (κ2) is 10.3. The first kappa shape index (κ1) is 19.6. The van der Waals surface area contributed by atoms with E-state index in [0.717, 1.165) is 38.3 Å². The molecule has 0 aromatic heterocycles. The zero-order chi connectivity index (χ0) is 18.1. The smallest absolute Gasteiger partial charge is 0.191 e. The van der Waals surface area contributed by atoms with Crippen molar-refractivity contribution in [2.75, 3.05) is 32.7 Å². The number of hydrogen-bond acceptors (Lipinski definition) is 2. The average Bonchev–Trinajstić information content (AvgIpc) is 2.61. The summed E-state index contributed by atoms with van der Waals surface area (Å²) < 4.78 is 26.9. The summed E-state index contributed by atoms with van der Waals surface area (Å²) in [7, 11) is 0. The molecular formula is C19H30F2N4. The summed E-state index contributed by atoms with van der Waals surface area (Å²) in [5.74, 6) is 0.415. The van der Waals surface area contributed by atoms with Gasteiger partial charge in [0.15, 0.2) is 5.96 Å². The number of nitrogens with zero attached hydrogens (tertiary/aromatic N) is 2. The van der Waals surface area contributed by atoms with Crippen LogP contribution < -0.4 is 10.6 Å². The van der Waals surface area contributed by atoms with Crippen LogP contribution in [0.1, 0.15) is 38.7 Å². The molecule has 4 nitrogen and oxygen atoms in total. The molecule has 1 heterocycles. The number of halogens is 2. The van der Waals surface area contributed by atoms with E-state index in [0.29, 0.717) is 11.9 Å². The van der Waals surface area contributed by atoms with E-state index < -0.39 is 11.6 Å². The summed E-state index contributed by atoms with van der Waals surface area (Å²) in [6, 6.07) is 3.47. The van der Waals surface area contributed by atoms with E-state index in [4.69, 9.17) is 0 Å². The van der Waals surface area contributed by atoms with Crippen molar-refractivity contribution >= 4 is 5.96 Å². The Morgan fingerprint density at radius 3 is 2.64 bits per heavy atom. The highest BCUT2D eigenvalue weighted by Crippen LogP contribution is 2.16. The van der Waals surface area contributed by atoms with Crippen LogP contribution >= 0.6 is 0 Å². The van der Waals surface area contributed by atoms with Crippen LogP contribution in [0.15, 0.2) is 23.2 Å². The van der Waals surface area contributed by atoms with Crippen LogP contribution in [0.4, 0.5) is 8.78 Å². The van der Waals surface area contributed by atoms with Gasteiger partial charge >= 0.3 is 0 Å². The monoisotopic (exact) mass is 352 g/mol. The summed E-state index contributed by atoms with van der Waals surface area (Å²) in [4.78, 5) is 6.91. The lowest BCUT2D eigenvalue weighted by atomic mass is 9.97. The van der Waals surface area contributed by atoms with E-state index in [2.05, 4.69) is 27.4 Å². The van der Waals surface area contributed by atoms with Crippen molar-refractivity contribution in [3.63, 3.8) is 0 Å². The summed E-state index contributed by atoms with van der Waals surface area (Å²) in [6.07, 6.45) is 3.58. The lowest BCUT2D eigenvalue weighted by molar-refractivity contribution is 0.185. The van der Waals surface area contributed by atoms with Crippen molar-refractivity contribution in [1.82, 2.24) is 15.5 Å². The minimum absolute atomic E-state index is 0.119. The van der Waals surface area contributed by atoms with E-state index >= 15 is 0 Å². The molecule has 0 spiro atoms. The van der Waals surface area contributed by atoms with Gasteiger partial charge in [-0.3, -0.25) is 0 Å². The Hall–Kier alpha value is -1.69. The van der Waals surface area contributed by atoms with Gasteiger partial charge in [0.05, 0.1) is 6.54 Å². The topological polar surface area (TPSA) is 39.7 Å². The molecule has 6 heteroatoms. The minimum atomic E-state index is -0.441. The normalized spacial score (nSPS) is 16.9. The highest BCUT2D eigenvalue weighted by molar-refractivity contribution is 5.79. The predicted octanol–water partition coefficient (Wildman–Crippen LogP) is 3.14. The van der Waals surface area contributed by atoms with E-state index in [1.165, 1.54) is 31.9 Å². The third kappa shape index (κ3) is 6.61. The maximum absolute atomic E-state index is 13.7. The van der Waals surface area contributed by atoms with E-state index in [9.17, 15) is 8.78 Å². The SMILES string of the molecule is CCCN1CCC(CNC(=NCc2cc(F)ccc2F)NCC)CC1. The fraction of sp³-hybridized carbons (Fsp3) is 0.632. The molecule has 2 rings (SSSR count). The van der Waals surface area contributed by atoms with Crippen LogP contribution in [0.2, 0.25) is 0 Å². The summed E-state index contributed by atoms with van der Waals surface area (Å²) >= 11 is 0. The van der Waals surface area contributed by atoms with Crippen LogP contribution in [-0.2, 0) is 6.54 Å². The Labute approximate surface area is 149 Å². The molecule has 0 bridgehead atoms. The molecule has 1 aromatic carbocycles. The van der Waals surface area contributed by atoms with Gasteiger partial charge in [0.1, 0.15) is 11.6 Å². The first-order valence-corrected chi connectivity index (χ1v) is 9.30. The van der Waals surface area contributed by atoms with Gasteiger partial charge in [-0.2, -0.15) is 0 Å². The first-order chi connectivity index (χ1) is 12.1. The Morgan fingerprint density at radius 2 is 1.96 bits per heavy atom. The molecule has 0 unspecified atom stereocenters. The molecular weight excluding hydrogens is 322 g/mol. The van der Waals surface area contributed by atoms with Gasteiger partial charge in [0, 0.05) is 18.7 Å². The largest absolute Gasteiger partial charge is 0.357 e. The van der Waals surface area contributed by atoms with Gasteiger partial charge in [-0.05, 0) is 69.9 Å². The molecule has 1 aromatic rings. The Kier molecular flexibility index (Phi) is 8.12. The number of likely N-dealkylation sites (tertiary alicyclic amines) is 1. The van der Waals surface area contributed by atoms with E-state index in [1.807, 2.05) is 6.92 Å². The van der Waals surface area contributed by atoms with Crippen molar-refractivity contribution in [2.45, 2.75) is 39.7 Å². The molecule has 0 atom stereocenters. The standard InChI is InChI=1S/C19H30F2N4/c1-3-9-25-10-7-15(8-11-25)13-23-19(22-4-2)24-14-16-12-17(20)5-6-18(16)21/h5-6,12,15H,3-4,7-11,13-14H2,1-2H3,(H2,22,23,24). The molecule has 1 aliphatic rings. The first-order valence-electron chi connectivity index (χ1n) is 9.30. The Morgan fingerprint density at radius 1 is 1.20 bits per heavy atom. The van der Waals surface area contributed by atoms with Crippen LogP contribution in [0.3, 0.4) is 0 Å². The molecule has 25 heavy (non-hydrogen) atoms. The number of aliphatic imine (C=N–C) groups is 1. The average molecular weight is 352 g/mol. The van der Waals surface area contributed by atoms with Crippen molar-refractivity contribution in [3.05, 3.63) is 35.4 Å². The lowest BCUT2D eigenvalue weighted by Gasteiger charge is -2.32. The van der Waals surface area contributed by atoms with Gasteiger partial charge < -0.3 is 15.5 Å². The van der Waals surface area contributed by atoms with E-state index in [-0.39, 0.29) is 12.1 Å². The van der Waals surface area contributed by atoms with E-state index in [1.54, 1.807) is 0 Å². The molecule has 0 amide bonds. The van der Waals surface area contributed by atoms with Gasteiger partial charge in [-0.25, -0.2) is 13.8 Å². The number of nitrogens with one attached hydrogen (secondary N) is 2. The lowest BCUT2D eigenvalue weighted by Crippen LogP contribution is -2.43. The molecule has 1 aliphatic heterocycles. The highest BCUT2D eigenvalue weighted by atomic mass is 19.1. The highest BCUT2D eigenvalue weighted by Gasteiger charge is 2.18. The van der Waals surface area contributed by atoms with Gasteiger partial charge in [0.25, 0.3) is 0 Å². The summed E-state index contributed by atoms with van der Waals surface area (Å²) in [5.41, 5.74) is 0.269. The second-order valence-electron chi connectivity index (χ2n) is 6.60. The zero-order valence-corrected chi connectivity index (χ0v) is 15.3. The van der Waals surface area contributed by atoms with Crippen LogP contribution in [0.25, 0.3) is 0 Å². The summed E-state index contributed by atoms with van der Waals surface area (Å²) in [6.45, 7) is 9.41. The van der Waals surface area contributed by atoms with Crippen LogP contribution in [-0.4, -0.2) is 43.6 Å². The second-order valence-corrected chi connectivity index (χ2v) is 6.60. The molecule has 1 saturated heterocycles. The fourth-order valence-corrected chi connectivity index (χ4v) is 3.14. The van der Waals surface area contributed by atoms with Crippen molar-refractivity contribution < 1.29 is 8.78 Å². The molecule has 1 fully saturated rings. The molecule has 2 N–H and O–H groups in total. The third-order valence-electron chi connectivity index (χ3n) is 4.56. The molecule has 0 radical (unpaired) electrons. The maximum Gasteiger partial charge on any atom is 0.191 e. The maximum atomic E-state index is 13.7. The summed E-state index contributed by atoms with van der Waals surface area (Å²) in [5, 5.41) is 6.51. The van der Waals surface area contributed by atoms with Gasteiger partial charge in [-0.1, -0.05) is 6.92 Å². The van der Waals surface area contributed by atoms with Crippen LogP contribution in [0, 0.1) is 17.6 Å². The number of hydrogen-bond donors (Lipinski definition) is 2. The Bertz CT molecular complexity index is 554. The molecule has 140 valence electrons. The quantitative estimate of drug-likeness (QED) is 0.585. The zero-order valence-electron chi connectivity index (χ0n) is 15.3. The van der Waals surface area contributed by atoms with Crippen molar-refractivity contribution in [2.24, 2.45) is 10.9 Å². The fourth-order valence-electron chi connectivity index (χ4n) is 3.14. The van der Waals surface area contributed by atoms with Crippen molar-refractivity contribution in [3.8, 4) is 0 Å².